The molecule has 3 aromatic heterocycles. The Balaban J connectivity index is 1.62. The molecule has 0 aliphatic heterocycles. The molecule has 4 rings (SSSR count). The van der Waals surface area contributed by atoms with Crippen LogP contribution in [0.3, 0.4) is 0 Å². The van der Waals surface area contributed by atoms with Crippen LogP contribution in [0.25, 0.3) is 21.3 Å². The maximum Gasteiger partial charge on any atom is 0.260 e. The number of nitrogens with zero attached hydrogens (tertiary/aromatic N) is 3. The minimum atomic E-state index is -0.314. The first kappa shape index (κ1) is 18.8. The zero-order valence-electron chi connectivity index (χ0n) is 15.2. The molecule has 0 aliphatic rings. The summed E-state index contributed by atoms with van der Waals surface area (Å²) in [5.74, 6) is 0.879. The van der Waals surface area contributed by atoms with E-state index in [-0.39, 0.29) is 16.6 Å². The predicted molar refractivity (Wildman–Crippen MR) is 108 cm³/mol. The van der Waals surface area contributed by atoms with Gasteiger partial charge in [-0.2, -0.15) is 4.98 Å². The number of hydrogen-bond acceptors (Lipinski definition) is 7. The standard InChI is InChI=1S/C19H17FN4O2S2/c1-3-4-14-21-17(26-24-14)10(2)28-19-22-16(25)15-13(9-27-18(15)23-19)11-5-7-12(20)8-6-11/h5-10H,3-4H2,1-2H3,(H,22,23,25). The molecule has 144 valence electrons. The smallest absolute Gasteiger partial charge is 0.260 e. The van der Waals surface area contributed by atoms with Gasteiger partial charge in [0.1, 0.15) is 10.6 Å². The van der Waals surface area contributed by atoms with Gasteiger partial charge in [-0.1, -0.05) is 36.0 Å². The van der Waals surface area contributed by atoms with Crippen LogP contribution in [-0.2, 0) is 6.42 Å². The molecule has 0 amide bonds. The lowest BCUT2D eigenvalue weighted by Gasteiger charge is -2.05. The van der Waals surface area contributed by atoms with E-state index in [0.717, 1.165) is 24.0 Å². The highest BCUT2D eigenvalue weighted by molar-refractivity contribution is 7.99. The number of nitrogens with one attached hydrogen (secondary N) is 1. The summed E-state index contributed by atoms with van der Waals surface area (Å²) in [6.45, 7) is 3.98. The summed E-state index contributed by atoms with van der Waals surface area (Å²) in [6.07, 6.45) is 1.71. The first-order chi connectivity index (χ1) is 13.5. The third kappa shape index (κ3) is 3.72. The van der Waals surface area contributed by atoms with Crippen LogP contribution >= 0.6 is 23.1 Å². The van der Waals surface area contributed by atoms with Crippen LogP contribution in [0.1, 0.15) is 37.2 Å². The van der Waals surface area contributed by atoms with Crippen molar-refractivity contribution in [1.29, 1.82) is 0 Å². The number of rotatable bonds is 6. The summed E-state index contributed by atoms with van der Waals surface area (Å²) in [5.41, 5.74) is 1.31. The molecule has 0 bridgehead atoms. The van der Waals surface area contributed by atoms with Crippen molar-refractivity contribution in [2.75, 3.05) is 0 Å². The van der Waals surface area contributed by atoms with Gasteiger partial charge in [0.25, 0.3) is 5.56 Å². The molecule has 1 atom stereocenters. The molecule has 1 aromatic carbocycles. The molecule has 0 radical (unpaired) electrons. The molecule has 1 unspecified atom stereocenters. The summed E-state index contributed by atoms with van der Waals surface area (Å²) < 4.78 is 18.5. The van der Waals surface area contributed by atoms with Crippen LogP contribution in [0, 0.1) is 5.82 Å². The van der Waals surface area contributed by atoms with Gasteiger partial charge in [0.05, 0.1) is 10.6 Å². The maximum absolute atomic E-state index is 13.2. The first-order valence-corrected chi connectivity index (χ1v) is 10.6. The van der Waals surface area contributed by atoms with Crippen LogP contribution in [-0.4, -0.2) is 20.1 Å². The highest BCUT2D eigenvalue weighted by Crippen LogP contribution is 2.35. The van der Waals surface area contributed by atoms with Gasteiger partial charge in [0, 0.05) is 17.4 Å². The minimum Gasteiger partial charge on any atom is -0.338 e. The van der Waals surface area contributed by atoms with E-state index in [1.807, 2.05) is 12.3 Å². The van der Waals surface area contributed by atoms with E-state index in [1.54, 1.807) is 12.1 Å². The highest BCUT2D eigenvalue weighted by atomic mass is 32.2. The zero-order valence-corrected chi connectivity index (χ0v) is 16.9. The van der Waals surface area contributed by atoms with E-state index in [9.17, 15) is 9.18 Å². The Morgan fingerprint density at radius 2 is 2.07 bits per heavy atom. The van der Waals surface area contributed by atoms with Gasteiger partial charge in [0.2, 0.25) is 5.89 Å². The average Bonchev–Trinajstić information content (AvgIpc) is 3.30. The van der Waals surface area contributed by atoms with Crippen molar-refractivity contribution in [3.8, 4) is 11.1 Å². The lowest BCUT2D eigenvalue weighted by molar-refractivity contribution is 0.374. The van der Waals surface area contributed by atoms with Crippen molar-refractivity contribution in [1.82, 2.24) is 20.1 Å². The van der Waals surface area contributed by atoms with Crippen LogP contribution in [0.4, 0.5) is 4.39 Å². The first-order valence-electron chi connectivity index (χ1n) is 8.81. The molecule has 0 fully saturated rings. The van der Waals surface area contributed by atoms with E-state index in [0.29, 0.717) is 27.1 Å². The van der Waals surface area contributed by atoms with Gasteiger partial charge in [0.15, 0.2) is 11.0 Å². The summed E-state index contributed by atoms with van der Waals surface area (Å²) in [7, 11) is 0. The molecular weight excluding hydrogens is 399 g/mol. The number of aromatic amines is 1. The number of thioether (sulfide) groups is 1. The molecule has 0 spiro atoms. The second-order valence-corrected chi connectivity index (χ2v) is 8.45. The van der Waals surface area contributed by atoms with Gasteiger partial charge in [-0.25, -0.2) is 9.37 Å². The van der Waals surface area contributed by atoms with Gasteiger partial charge in [-0.15, -0.1) is 11.3 Å². The quantitative estimate of drug-likeness (QED) is 0.352. The minimum absolute atomic E-state index is 0.143. The summed E-state index contributed by atoms with van der Waals surface area (Å²) in [5, 5.41) is 6.69. The fourth-order valence-corrected chi connectivity index (χ4v) is 4.64. The number of hydrogen-bond donors (Lipinski definition) is 1. The number of fused-ring (bicyclic) bond motifs is 1. The second-order valence-electron chi connectivity index (χ2n) is 6.27. The van der Waals surface area contributed by atoms with E-state index in [1.165, 1.54) is 35.2 Å². The zero-order chi connectivity index (χ0) is 19.7. The molecule has 9 heteroatoms. The molecule has 1 N–H and O–H groups in total. The van der Waals surface area contributed by atoms with Crippen LogP contribution in [0.15, 0.2) is 44.1 Å². The van der Waals surface area contributed by atoms with E-state index >= 15 is 0 Å². The Kier molecular flexibility index (Phi) is 5.27. The van der Waals surface area contributed by atoms with Crippen molar-refractivity contribution in [2.45, 2.75) is 37.1 Å². The molecule has 6 nitrogen and oxygen atoms in total. The Bertz CT molecular complexity index is 1170. The summed E-state index contributed by atoms with van der Waals surface area (Å²) in [6, 6.07) is 6.07. The second kappa shape index (κ2) is 7.84. The van der Waals surface area contributed by atoms with E-state index < -0.39 is 0 Å². The highest BCUT2D eigenvalue weighted by Gasteiger charge is 2.19. The Morgan fingerprint density at radius 3 is 2.82 bits per heavy atom. The average molecular weight is 417 g/mol. The Morgan fingerprint density at radius 1 is 1.29 bits per heavy atom. The van der Waals surface area contributed by atoms with Crippen molar-refractivity contribution in [2.24, 2.45) is 0 Å². The topological polar surface area (TPSA) is 84.7 Å². The largest absolute Gasteiger partial charge is 0.338 e. The van der Waals surface area contributed by atoms with Crippen molar-refractivity contribution in [3.63, 3.8) is 0 Å². The molecular formula is C19H17FN4O2S2. The number of halogens is 1. The molecule has 0 saturated heterocycles. The normalized spacial score (nSPS) is 12.5. The third-order valence-corrected chi connectivity index (χ3v) is 6.02. The van der Waals surface area contributed by atoms with Gasteiger partial charge >= 0.3 is 0 Å². The summed E-state index contributed by atoms with van der Waals surface area (Å²) >= 11 is 2.74. The Hall–Kier alpha value is -2.52. The predicted octanol–water partition coefficient (Wildman–Crippen LogP) is 4.98. The van der Waals surface area contributed by atoms with Crippen molar-refractivity contribution < 1.29 is 8.91 Å². The van der Waals surface area contributed by atoms with Crippen molar-refractivity contribution in [3.05, 3.63) is 57.5 Å². The van der Waals surface area contributed by atoms with Crippen LogP contribution < -0.4 is 5.56 Å². The molecule has 3 heterocycles. The number of benzene rings is 1. The Labute approximate surface area is 168 Å². The van der Waals surface area contributed by atoms with Crippen LogP contribution in [0.5, 0.6) is 0 Å². The SMILES string of the molecule is CCCc1noc(C(C)Sc2nc3scc(-c4ccc(F)cc4)c3c(=O)[nH]2)n1. The number of thiophene rings is 1. The number of aryl methyl sites for hydroxylation is 1. The molecule has 4 aromatic rings. The lowest BCUT2D eigenvalue weighted by Crippen LogP contribution is -2.09. The summed E-state index contributed by atoms with van der Waals surface area (Å²) in [4.78, 5) is 25.1. The number of H-pyrrole nitrogens is 1. The monoisotopic (exact) mass is 416 g/mol. The lowest BCUT2D eigenvalue weighted by atomic mass is 10.1. The fraction of sp³-hybridized carbons (Fsp3) is 0.263. The van der Waals surface area contributed by atoms with Crippen molar-refractivity contribution >= 4 is 33.3 Å². The molecule has 0 aliphatic carbocycles. The van der Waals surface area contributed by atoms with Crippen LogP contribution in [0.2, 0.25) is 0 Å². The number of aromatic nitrogens is 4. The van der Waals surface area contributed by atoms with E-state index in [4.69, 9.17) is 4.52 Å². The maximum atomic E-state index is 13.2. The fourth-order valence-electron chi connectivity index (χ4n) is 2.80. The van der Waals surface area contributed by atoms with E-state index in [2.05, 4.69) is 27.0 Å². The van der Waals surface area contributed by atoms with Gasteiger partial charge < -0.3 is 9.51 Å². The molecule has 28 heavy (non-hydrogen) atoms. The molecule has 0 saturated carbocycles. The van der Waals surface area contributed by atoms with Gasteiger partial charge in [-0.3, -0.25) is 4.79 Å². The third-order valence-electron chi connectivity index (χ3n) is 4.17. The van der Waals surface area contributed by atoms with Gasteiger partial charge in [-0.05, 0) is 31.0 Å².